The number of nitrogens with one attached hydrogen (secondary N) is 2. The molecule has 19 heavy (non-hydrogen) atoms. The van der Waals surface area contributed by atoms with Crippen molar-refractivity contribution >= 4 is 21.8 Å². The van der Waals surface area contributed by atoms with Gasteiger partial charge in [0.1, 0.15) is 4.60 Å². The third-order valence-electron chi connectivity index (χ3n) is 4.33. The van der Waals surface area contributed by atoms with E-state index in [1.54, 1.807) is 6.20 Å². The van der Waals surface area contributed by atoms with Crippen LogP contribution in [0.5, 0.6) is 0 Å². The number of halogens is 1. The first-order valence-corrected chi connectivity index (χ1v) is 7.70. The minimum Gasteiger partial charge on any atom is -0.291 e. The molecule has 1 aromatic rings. The molecule has 1 saturated carbocycles. The average molecular weight is 324 g/mol. The van der Waals surface area contributed by atoms with Crippen LogP contribution in [0.3, 0.4) is 0 Å². The monoisotopic (exact) mass is 323 g/mol. The number of fused-ring (bicyclic) bond motifs is 1. The van der Waals surface area contributed by atoms with E-state index in [2.05, 4.69) is 37.8 Å². The highest BCUT2D eigenvalue weighted by atomic mass is 79.9. The van der Waals surface area contributed by atoms with E-state index in [1.807, 2.05) is 6.07 Å². The van der Waals surface area contributed by atoms with E-state index in [-0.39, 0.29) is 11.8 Å². The molecular weight excluding hydrogens is 306 g/mol. The molecule has 1 aromatic heterocycles. The van der Waals surface area contributed by atoms with E-state index in [9.17, 15) is 4.79 Å². The predicted molar refractivity (Wildman–Crippen MR) is 76.2 cm³/mol. The molecule has 3 rings (SSSR count). The summed E-state index contributed by atoms with van der Waals surface area (Å²) in [6.45, 7) is 0. The molecule has 0 aromatic carbocycles. The summed E-state index contributed by atoms with van der Waals surface area (Å²) in [5, 5.41) is 0. The Morgan fingerprint density at radius 1 is 1.37 bits per heavy atom. The minimum atomic E-state index is 0.172. The fourth-order valence-corrected chi connectivity index (χ4v) is 3.75. The highest BCUT2D eigenvalue weighted by Gasteiger charge is 2.39. The summed E-state index contributed by atoms with van der Waals surface area (Å²) in [6, 6.07) is 4.36. The van der Waals surface area contributed by atoms with Crippen LogP contribution < -0.4 is 10.9 Å². The Balaban J connectivity index is 1.77. The van der Waals surface area contributed by atoms with Crippen LogP contribution in [0.1, 0.15) is 31.2 Å². The van der Waals surface area contributed by atoms with Crippen LogP contribution in [0.25, 0.3) is 0 Å². The van der Waals surface area contributed by atoms with Gasteiger partial charge in [-0.1, -0.05) is 18.9 Å². The van der Waals surface area contributed by atoms with Crippen molar-refractivity contribution in [1.82, 2.24) is 15.8 Å². The number of pyridine rings is 1. The second-order valence-corrected chi connectivity index (χ2v) is 6.20. The van der Waals surface area contributed by atoms with E-state index >= 15 is 0 Å². The number of hydrogen-bond donors (Lipinski definition) is 2. The molecule has 1 saturated heterocycles. The lowest BCUT2D eigenvalue weighted by molar-refractivity contribution is -0.133. The van der Waals surface area contributed by atoms with Gasteiger partial charge in [-0.2, -0.15) is 0 Å². The second kappa shape index (κ2) is 5.59. The highest BCUT2D eigenvalue weighted by molar-refractivity contribution is 9.10. The van der Waals surface area contributed by atoms with Gasteiger partial charge in [-0.05, 0) is 52.7 Å². The average Bonchev–Trinajstić information content (AvgIpc) is 2.44. The number of amides is 1. The van der Waals surface area contributed by atoms with Crippen molar-refractivity contribution in [2.75, 3.05) is 0 Å². The molecule has 2 aliphatic rings. The van der Waals surface area contributed by atoms with Gasteiger partial charge >= 0.3 is 0 Å². The van der Waals surface area contributed by atoms with Crippen LogP contribution in [0.15, 0.2) is 22.9 Å². The Labute approximate surface area is 121 Å². The van der Waals surface area contributed by atoms with E-state index in [0.29, 0.717) is 12.0 Å². The second-order valence-electron chi connectivity index (χ2n) is 5.45. The molecule has 1 aliphatic heterocycles. The molecular formula is C14H18BrN3O. The lowest BCUT2D eigenvalue weighted by atomic mass is 9.72. The van der Waals surface area contributed by atoms with Gasteiger partial charge < -0.3 is 0 Å². The summed E-state index contributed by atoms with van der Waals surface area (Å²) in [4.78, 5) is 16.2. The lowest BCUT2D eigenvalue weighted by Crippen LogP contribution is -2.60. The van der Waals surface area contributed by atoms with Gasteiger partial charge in [-0.25, -0.2) is 10.4 Å². The summed E-state index contributed by atoms with van der Waals surface area (Å²) in [5.41, 5.74) is 7.24. The van der Waals surface area contributed by atoms with Crippen molar-refractivity contribution in [2.45, 2.75) is 38.1 Å². The largest absolute Gasteiger partial charge is 0.291 e. The maximum atomic E-state index is 11.9. The summed E-state index contributed by atoms with van der Waals surface area (Å²) < 4.78 is 0.904. The van der Waals surface area contributed by atoms with Crippen LogP contribution in [-0.4, -0.2) is 16.9 Å². The Morgan fingerprint density at radius 3 is 3.05 bits per heavy atom. The number of aromatic nitrogens is 1. The van der Waals surface area contributed by atoms with Gasteiger partial charge in [-0.3, -0.25) is 10.2 Å². The maximum absolute atomic E-state index is 11.9. The Morgan fingerprint density at radius 2 is 2.21 bits per heavy atom. The number of hydrazine groups is 1. The van der Waals surface area contributed by atoms with Crippen LogP contribution in [0.4, 0.5) is 0 Å². The van der Waals surface area contributed by atoms with E-state index in [0.717, 1.165) is 23.9 Å². The molecule has 3 unspecified atom stereocenters. The molecule has 0 spiro atoms. The third kappa shape index (κ3) is 2.67. The molecule has 0 radical (unpaired) electrons. The van der Waals surface area contributed by atoms with Crippen molar-refractivity contribution < 1.29 is 4.79 Å². The molecule has 2 heterocycles. The number of rotatable bonds is 2. The predicted octanol–water partition coefficient (Wildman–Crippen LogP) is 2.20. The lowest BCUT2D eigenvalue weighted by Gasteiger charge is -2.41. The van der Waals surface area contributed by atoms with E-state index in [4.69, 9.17) is 0 Å². The Kier molecular flexibility index (Phi) is 3.84. The molecule has 4 nitrogen and oxygen atoms in total. The zero-order valence-corrected chi connectivity index (χ0v) is 12.3. The summed E-state index contributed by atoms with van der Waals surface area (Å²) in [5.74, 6) is 0.816. The first kappa shape index (κ1) is 13.1. The first-order valence-electron chi connectivity index (χ1n) is 6.90. The summed E-state index contributed by atoms with van der Waals surface area (Å²) in [6.07, 6.45) is 7.28. The number of hydrogen-bond acceptors (Lipinski definition) is 3. The fraction of sp³-hybridized carbons (Fsp3) is 0.571. The van der Waals surface area contributed by atoms with Crippen LogP contribution >= 0.6 is 15.9 Å². The first-order chi connectivity index (χ1) is 9.25. The molecule has 1 aliphatic carbocycles. The van der Waals surface area contributed by atoms with Crippen molar-refractivity contribution in [2.24, 2.45) is 11.8 Å². The van der Waals surface area contributed by atoms with Crippen molar-refractivity contribution in [1.29, 1.82) is 0 Å². The fourth-order valence-electron chi connectivity index (χ4n) is 3.34. The number of carbonyl (C=O) groups is 1. The van der Waals surface area contributed by atoms with Gasteiger partial charge in [0, 0.05) is 18.2 Å². The standard InChI is InChI=1S/C14H18BrN3O/c15-13-9(4-3-7-16-13)8-12-10-5-1-2-6-11(10)14(19)18-17-12/h3-4,7,10-12,17H,1-2,5-6,8H2,(H,18,19). The van der Waals surface area contributed by atoms with E-state index in [1.165, 1.54) is 18.4 Å². The molecule has 102 valence electrons. The molecule has 2 fully saturated rings. The Bertz CT molecular complexity index is 480. The normalized spacial score (nSPS) is 30.6. The van der Waals surface area contributed by atoms with Crippen molar-refractivity contribution in [3.63, 3.8) is 0 Å². The molecule has 5 heteroatoms. The van der Waals surface area contributed by atoms with E-state index < -0.39 is 0 Å². The van der Waals surface area contributed by atoms with Gasteiger partial charge in [0.15, 0.2) is 0 Å². The summed E-state index contributed by atoms with van der Waals surface area (Å²) >= 11 is 3.50. The van der Waals surface area contributed by atoms with Crippen molar-refractivity contribution in [3.8, 4) is 0 Å². The zero-order chi connectivity index (χ0) is 13.2. The van der Waals surface area contributed by atoms with Gasteiger partial charge in [0.05, 0.1) is 0 Å². The number of carbonyl (C=O) groups excluding carboxylic acids is 1. The smallest absolute Gasteiger partial charge is 0.237 e. The molecule has 1 amide bonds. The molecule has 0 bridgehead atoms. The topological polar surface area (TPSA) is 54.0 Å². The quantitative estimate of drug-likeness (QED) is 0.820. The zero-order valence-electron chi connectivity index (χ0n) is 10.7. The SMILES string of the molecule is O=C1NNC(Cc2cccnc2Br)C2CCCCC12. The van der Waals surface area contributed by atoms with Crippen LogP contribution in [0.2, 0.25) is 0 Å². The summed E-state index contributed by atoms with van der Waals surface area (Å²) in [7, 11) is 0. The maximum Gasteiger partial charge on any atom is 0.237 e. The Hall–Kier alpha value is -0.940. The third-order valence-corrected chi connectivity index (χ3v) is 5.04. The van der Waals surface area contributed by atoms with Gasteiger partial charge in [0.25, 0.3) is 0 Å². The molecule has 3 atom stereocenters. The molecule has 2 N–H and O–H groups in total. The van der Waals surface area contributed by atoms with Gasteiger partial charge in [-0.15, -0.1) is 0 Å². The van der Waals surface area contributed by atoms with Crippen molar-refractivity contribution in [3.05, 3.63) is 28.5 Å². The minimum absolute atomic E-state index is 0.172. The van der Waals surface area contributed by atoms with Crippen LogP contribution in [-0.2, 0) is 11.2 Å². The van der Waals surface area contributed by atoms with Crippen LogP contribution in [0, 0.1) is 11.8 Å². The highest BCUT2D eigenvalue weighted by Crippen LogP contribution is 2.35. The van der Waals surface area contributed by atoms with Gasteiger partial charge in [0.2, 0.25) is 5.91 Å². The number of nitrogens with zero attached hydrogens (tertiary/aromatic N) is 1.